The van der Waals surface area contributed by atoms with Gasteiger partial charge in [-0.05, 0) is 30.5 Å². The van der Waals surface area contributed by atoms with Crippen LogP contribution in [-0.4, -0.2) is 43.4 Å². The highest BCUT2D eigenvalue weighted by Crippen LogP contribution is 2.53. The summed E-state index contributed by atoms with van der Waals surface area (Å²) in [5.41, 5.74) is 1.23. The molecule has 4 atom stereocenters. The van der Waals surface area contributed by atoms with E-state index in [2.05, 4.69) is 17.4 Å². The molecular weight excluding hydrogens is 408 g/mol. The monoisotopic (exact) mass is 432 g/mol. The van der Waals surface area contributed by atoms with E-state index in [1.165, 1.54) is 5.56 Å². The van der Waals surface area contributed by atoms with Crippen LogP contribution in [0.25, 0.3) is 0 Å². The van der Waals surface area contributed by atoms with Gasteiger partial charge in [-0.1, -0.05) is 42.5 Å². The van der Waals surface area contributed by atoms with Crippen molar-refractivity contribution in [2.45, 2.75) is 24.5 Å². The molecule has 7 nitrogen and oxygen atoms in total. The Labute approximate surface area is 185 Å². The number of anilines is 1. The molecule has 4 aliphatic rings. The lowest BCUT2D eigenvalue weighted by Gasteiger charge is -2.23. The fourth-order valence-electron chi connectivity index (χ4n) is 5.34. The number of carbonyl (C=O) groups is 2. The Bertz CT molecular complexity index is 1100. The van der Waals surface area contributed by atoms with Crippen LogP contribution in [0.15, 0.2) is 60.7 Å². The largest absolute Gasteiger partial charge is 0.454 e. The number of ether oxygens (including phenoxy) is 3. The second kappa shape index (κ2) is 7.38. The summed E-state index contributed by atoms with van der Waals surface area (Å²) >= 11 is 0. The van der Waals surface area contributed by atoms with Gasteiger partial charge in [0.15, 0.2) is 11.5 Å². The molecule has 0 unspecified atom stereocenters. The molecule has 2 amide bonds. The summed E-state index contributed by atoms with van der Waals surface area (Å²) in [7, 11) is 0. The summed E-state index contributed by atoms with van der Waals surface area (Å²) in [6.07, 6.45) is 5.29. The normalized spacial score (nSPS) is 28.9. The standard InChI is InChI=1S/C25H24N2O5/c28-23(26-12-4-7-16-5-2-1-3-6-16)21-19-10-11-25(32-19)14-27(24(29)22(21)25)17-8-9-18-20(13-17)31-15-30-18/h1-3,5-6,8-11,13,19,21-22H,4,7,12,14-15H2,(H,26,28)/t19-,21-,22-,25+/m1/s1. The number of nitrogens with one attached hydrogen (secondary N) is 1. The molecule has 2 aromatic carbocycles. The Morgan fingerprint density at radius 2 is 1.97 bits per heavy atom. The van der Waals surface area contributed by atoms with Gasteiger partial charge in [-0.3, -0.25) is 9.59 Å². The highest BCUT2D eigenvalue weighted by atomic mass is 16.7. The third-order valence-electron chi connectivity index (χ3n) is 6.86. The van der Waals surface area contributed by atoms with E-state index in [1.807, 2.05) is 48.6 Å². The van der Waals surface area contributed by atoms with Crippen molar-refractivity contribution in [1.82, 2.24) is 5.32 Å². The lowest BCUT2D eigenvalue weighted by Crippen LogP contribution is -2.44. The maximum atomic E-state index is 13.5. The zero-order chi connectivity index (χ0) is 21.7. The molecule has 0 aromatic heterocycles. The second-order valence-electron chi connectivity index (χ2n) is 8.74. The van der Waals surface area contributed by atoms with Crippen LogP contribution in [0.3, 0.4) is 0 Å². The third kappa shape index (κ3) is 2.99. The molecule has 1 N–H and O–H groups in total. The number of benzene rings is 2. The van der Waals surface area contributed by atoms with Crippen LogP contribution < -0.4 is 19.7 Å². The SMILES string of the molecule is O=C(NCCCc1ccccc1)[C@@H]1[C@H]2C=C[C@@]3(CN(c4ccc5c(c4)OCO5)C(=O)[C@@H]13)O2. The number of amides is 2. The minimum atomic E-state index is -0.746. The van der Waals surface area contributed by atoms with E-state index in [1.54, 1.807) is 4.90 Å². The summed E-state index contributed by atoms with van der Waals surface area (Å²) in [5.74, 6) is 0.0718. The lowest BCUT2D eigenvalue weighted by atomic mass is 9.77. The van der Waals surface area contributed by atoms with Crippen molar-refractivity contribution in [3.05, 3.63) is 66.2 Å². The van der Waals surface area contributed by atoms with Gasteiger partial charge in [-0.2, -0.15) is 0 Å². The van der Waals surface area contributed by atoms with E-state index in [0.717, 1.165) is 18.5 Å². The van der Waals surface area contributed by atoms with Crippen molar-refractivity contribution in [3.8, 4) is 11.5 Å². The smallest absolute Gasteiger partial charge is 0.234 e. The van der Waals surface area contributed by atoms with Gasteiger partial charge in [0.25, 0.3) is 0 Å². The van der Waals surface area contributed by atoms with Gasteiger partial charge in [0.2, 0.25) is 18.6 Å². The fourth-order valence-corrected chi connectivity index (χ4v) is 5.34. The molecular formula is C25H24N2O5. The van der Waals surface area contributed by atoms with Crippen molar-refractivity contribution in [2.75, 3.05) is 24.8 Å². The van der Waals surface area contributed by atoms with E-state index < -0.39 is 17.4 Å². The van der Waals surface area contributed by atoms with Gasteiger partial charge < -0.3 is 24.4 Å². The number of hydrogen-bond donors (Lipinski definition) is 1. The molecule has 2 saturated heterocycles. The number of fused-ring (bicyclic) bond motifs is 2. The molecule has 2 fully saturated rings. The maximum Gasteiger partial charge on any atom is 0.234 e. The van der Waals surface area contributed by atoms with Crippen molar-refractivity contribution >= 4 is 17.5 Å². The van der Waals surface area contributed by atoms with Crippen LogP contribution in [0.1, 0.15) is 12.0 Å². The lowest BCUT2D eigenvalue weighted by molar-refractivity contribution is -0.131. The fraction of sp³-hybridized carbons (Fsp3) is 0.360. The minimum Gasteiger partial charge on any atom is -0.454 e. The summed E-state index contributed by atoms with van der Waals surface area (Å²) in [5, 5.41) is 3.04. The molecule has 4 heterocycles. The number of hydrogen-bond acceptors (Lipinski definition) is 5. The Morgan fingerprint density at radius 3 is 2.84 bits per heavy atom. The summed E-state index contributed by atoms with van der Waals surface area (Å²) in [6.45, 7) is 1.14. The second-order valence-corrected chi connectivity index (χ2v) is 8.74. The first-order chi connectivity index (χ1) is 15.6. The predicted molar refractivity (Wildman–Crippen MR) is 116 cm³/mol. The van der Waals surface area contributed by atoms with E-state index in [-0.39, 0.29) is 24.7 Å². The van der Waals surface area contributed by atoms with E-state index in [9.17, 15) is 9.59 Å². The minimum absolute atomic E-state index is 0.0832. The Morgan fingerprint density at radius 1 is 1.12 bits per heavy atom. The van der Waals surface area contributed by atoms with Gasteiger partial charge >= 0.3 is 0 Å². The van der Waals surface area contributed by atoms with Gasteiger partial charge in [0.05, 0.1) is 24.5 Å². The van der Waals surface area contributed by atoms with Crippen molar-refractivity contribution in [2.24, 2.45) is 11.8 Å². The van der Waals surface area contributed by atoms with E-state index in [4.69, 9.17) is 14.2 Å². The average Bonchev–Trinajstić information content (AvgIpc) is 3.57. The molecule has 2 bridgehead atoms. The first-order valence-corrected chi connectivity index (χ1v) is 11.0. The van der Waals surface area contributed by atoms with Gasteiger partial charge in [0.1, 0.15) is 5.60 Å². The third-order valence-corrected chi connectivity index (χ3v) is 6.86. The molecule has 6 rings (SSSR count). The zero-order valence-electron chi connectivity index (χ0n) is 17.5. The van der Waals surface area contributed by atoms with E-state index >= 15 is 0 Å². The molecule has 1 spiro atoms. The molecule has 0 radical (unpaired) electrons. The molecule has 4 aliphatic heterocycles. The Kier molecular flexibility index (Phi) is 4.47. The summed E-state index contributed by atoms with van der Waals surface area (Å²) in [4.78, 5) is 28.3. The Hall–Kier alpha value is -3.32. The molecule has 32 heavy (non-hydrogen) atoms. The maximum absolute atomic E-state index is 13.5. The molecule has 0 aliphatic carbocycles. The molecule has 0 saturated carbocycles. The average molecular weight is 432 g/mol. The number of rotatable bonds is 6. The van der Waals surface area contributed by atoms with Gasteiger partial charge in [0, 0.05) is 18.3 Å². The first kappa shape index (κ1) is 19.4. The first-order valence-electron chi connectivity index (χ1n) is 11.0. The topological polar surface area (TPSA) is 77.1 Å². The summed E-state index contributed by atoms with van der Waals surface area (Å²) < 4.78 is 17.1. The molecule has 2 aromatic rings. The zero-order valence-corrected chi connectivity index (χ0v) is 17.5. The molecule has 7 heteroatoms. The van der Waals surface area contributed by atoms with Crippen LogP contribution in [-0.2, 0) is 20.7 Å². The highest BCUT2D eigenvalue weighted by Gasteiger charge is 2.67. The van der Waals surface area contributed by atoms with Crippen LogP contribution in [0.2, 0.25) is 0 Å². The predicted octanol–water partition coefficient (Wildman–Crippen LogP) is 2.45. The van der Waals surface area contributed by atoms with Crippen molar-refractivity contribution in [3.63, 3.8) is 0 Å². The Balaban J connectivity index is 1.15. The van der Waals surface area contributed by atoms with Crippen LogP contribution in [0, 0.1) is 11.8 Å². The number of nitrogens with zero attached hydrogens (tertiary/aromatic N) is 1. The number of aryl methyl sites for hydroxylation is 1. The molecule has 164 valence electrons. The van der Waals surface area contributed by atoms with Crippen LogP contribution in [0.5, 0.6) is 11.5 Å². The van der Waals surface area contributed by atoms with Crippen molar-refractivity contribution in [1.29, 1.82) is 0 Å². The van der Waals surface area contributed by atoms with Gasteiger partial charge in [-0.15, -0.1) is 0 Å². The highest BCUT2D eigenvalue weighted by molar-refractivity contribution is 6.03. The number of carbonyl (C=O) groups excluding carboxylic acids is 2. The van der Waals surface area contributed by atoms with Gasteiger partial charge in [-0.25, -0.2) is 0 Å². The van der Waals surface area contributed by atoms with Crippen LogP contribution >= 0.6 is 0 Å². The van der Waals surface area contributed by atoms with Crippen molar-refractivity contribution < 1.29 is 23.8 Å². The van der Waals surface area contributed by atoms with E-state index in [0.29, 0.717) is 24.6 Å². The van der Waals surface area contributed by atoms with Crippen LogP contribution in [0.4, 0.5) is 5.69 Å². The summed E-state index contributed by atoms with van der Waals surface area (Å²) in [6, 6.07) is 15.7. The quantitative estimate of drug-likeness (QED) is 0.561.